The first kappa shape index (κ1) is 18.8. The van der Waals surface area contributed by atoms with Gasteiger partial charge in [0.05, 0.1) is 4.92 Å². The second-order valence-corrected chi connectivity index (χ2v) is 6.57. The van der Waals surface area contributed by atoms with E-state index in [0.717, 1.165) is 19.6 Å². The summed E-state index contributed by atoms with van der Waals surface area (Å²) in [4.78, 5) is 27.3. The van der Waals surface area contributed by atoms with Gasteiger partial charge in [-0.25, -0.2) is 0 Å². The molecule has 2 aromatic rings. The van der Waals surface area contributed by atoms with Crippen LogP contribution in [0.5, 0.6) is 5.75 Å². The molecule has 1 heterocycles. The van der Waals surface area contributed by atoms with Gasteiger partial charge < -0.3 is 9.64 Å². The van der Waals surface area contributed by atoms with Crippen molar-refractivity contribution in [2.24, 2.45) is 0 Å². The van der Waals surface area contributed by atoms with Crippen LogP contribution in [0.3, 0.4) is 0 Å². The summed E-state index contributed by atoms with van der Waals surface area (Å²) in [5, 5.41) is 11.1. The number of carbonyl (C=O) groups is 1. The number of hydrogen-bond acceptors (Lipinski definition) is 5. The Morgan fingerprint density at radius 1 is 1.07 bits per heavy atom. The van der Waals surface area contributed by atoms with Crippen LogP contribution >= 0.6 is 0 Å². The van der Waals surface area contributed by atoms with Crippen molar-refractivity contribution in [3.8, 4) is 5.75 Å². The summed E-state index contributed by atoms with van der Waals surface area (Å²) in [6, 6.07) is 16.4. The minimum Gasteiger partial charge on any atom is -0.474 e. The van der Waals surface area contributed by atoms with Gasteiger partial charge in [-0.1, -0.05) is 42.5 Å². The summed E-state index contributed by atoms with van der Waals surface area (Å²) in [5.41, 5.74) is 1.12. The molecule has 1 aliphatic rings. The fraction of sp³-hybridized carbons (Fsp3) is 0.350. The molecule has 142 valence electrons. The normalized spacial score (nSPS) is 16.0. The molecule has 0 N–H and O–H groups in total. The van der Waals surface area contributed by atoms with Gasteiger partial charge in [-0.15, -0.1) is 0 Å². The number of hydrogen-bond donors (Lipinski definition) is 0. The summed E-state index contributed by atoms with van der Waals surface area (Å²) in [7, 11) is 0. The fourth-order valence-corrected chi connectivity index (χ4v) is 3.17. The van der Waals surface area contributed by atoms with Crippen LogP contribution < -0.4 is 4.74 Å². The molecule has 27 heavy (non-hydrogen) atoms. The fourth-order valence-electron chi connectivity index (χ4n) is 3.17. The van der Waals surface area contributed by atoms with Crippen LogP contribution in [-0.4, -0.2) is 52.9 Å². The van der Waals surface area contributed by atoms with Gasteiger partial charge in [0.15, 0.2) is 11.9 Å². The first-order valence-corrected chi connectivity index (χ1v) is 9.00. The van der Waals surface area contributed by atoms with Crippen molar-refractivity contribution in [1.82, 2.24) is 9.80 Å². The molecule has 0 bridgehead atoms. The number of para-hydroxylation sites is 2. The molecular weight excluding hydrogens is 346 g/mol. The Bertz CT molecular complexity index is 789. The molecule has 7 nitrogen and oxygen atoms in total. The van der Waals surface area contributed by atoms with Crippen LogP contribution in [0.25, 0.3) is 0 Å². The van der Waals surface area contributed by atoms with Gasteiger partial charge in [-0.05, 0) is 18.6 Å². The number of rotatable bonds is 6. The lowest BCUT2D eigenvalue weighted by molar-refractivity contribution is -0.386. The maximum atomic E-state index is 12.7. The Morgan fingerprint density at radius 3 is 2.37 bits per heavy atom. The summed E-state index contributed by atoms with van der Waals surface area (Å²) >= 11 is 0. The van der Waals surface area contributed by atoms with Crippen molar-refractivity contribution in [3.63, 3.8) is 0 Å². The van der Waals surface area contributed by atoms with Crippen LogP contribution in [-0.2, 0) is 11.3 Å². The molecule has 2 aromatic carbocycles. The average Bonchev–Trinajstić information content (AvgIpc) is 2.69. The molecule has 1 amide bonds. The molecule has 0 spiro atoms. The summed E-state index contributed by atoms with van der Waals surface area (Å²) in [6.07, 6.45) is -0.772. The Hall–Kier alpha value is -2.93. The summed E-state index contributed by atoms with van der Waals surface area (Å²) in [5.74, 6) is -0.0291. The second kappa shape index (κ2) is 8.64. The zero-order valence-electron chi connectivity index (χ0n) is 15.3. The lowest BCUT2D eigenvalue weighted by atomic mass is 10.2. The number of nitrogens with zero attached hydrogens (tertiary/aromatic N) is 3. The summed E-state index contributed by atoms with van der Waals surface area (Å²) in [6.45, 7) is 5.32. The number of piperazine rings is 1. The number of benzene rings is 2. The van der Waals surface area contributed by atoms with Gasteiger partial charge in [-0.2, -0.15) is 0 Å². The van der Waals surface area contributed by atoms with Crippen LogP contribution in [0.15, 0.2) is 54.6 Å². The Labute approximate surface area is 158 Å². The molecule has 1 aliphatic heterocycles. The number of ether oxygens (including phenoxy) is 1. The SMILES string of the molecule is C[C@@H](Oc1ccccc1[N+](=O)[O-])C(=O)N1CCN(Cc2ccccc2)CC1. The minimum atomic E-state index is -0.772. The molecule has 0 aliphatic carbocycles. The zero-order valence-corrected chi connectivity index (χ0v) is 15.3. The number of nitro benzene ring substituents is 1. The van der Waals surface area contributed by atoms with Crippen molar-refractivity contribution in [2.75, 3.05) is 26.2 Å². The summed E-state index contributed by atoms with van der Waals surface area (Å²) < 4.78 is 5.60. The van der Waals surface area contributed by atoms with Gasteiger partial charge in [0, 0.05) is 38.8 Å². The van der Waals surface area contributed by atoms with E-state index in [4.69, 9.17) is 4.74 Å². The van der Waals surface area contributed by atoms with E-state index in [0.29, 0.717) is 13.1 Å². The van der Waals surface area contributed by atoms with Crippen molar-refractivity contribution in [1.29, 1.82) is 0 Å². The monoisotopic (exact) mass is 369 g/mol. The molecule has 0 aromatic heterocycles. The largest absolute Gasteiger partial charge is 0.474 e. The van der Waals surface area contributed by atoms with Gasteiger partial charge in [-0.3, -0.25) is 19.8 Å². The maximum Gasteiger partial charge on any atom is 0.310 e. The molecule has 0 radical (unpaired) electrons. The molecule has 1 fully saturated rings. The third-order valence-electron chi connectivity index (χ3n) is 4.65. The molecule has 1 saturated heterocycles. The van der Waals surface area contributed by atoms with Crippen molar-refractivity contribution in [2.45, 2.75) is 19.6 Å². The quantitative estimate of drug-likeness (QED) is 0.578. The average molecular weight is 369 g/mol. The zero-order chi connectivity index (χ0) is 19.2. The molecule has 0 unspecified atom stereocenters. The van der Waals surface area contributed by atoms with E-state index >= 15 is 0 Å². The third-order valence-corrected chi connectivity index (χ3v) is 4.65. The van der Waals surface area contributed by atoms with E-state index in [1.54, 1.807) is 24.0 Å². The van der Waals surface area contributed by atoms with E-state index in [2.05, 4.69) is 17.0 Å². The third kappa shape index (κ3) is 4.83. The van der Waals surface area contributed by atoms with Crippen LogP contribution in [0, 0.1) is 10.1 Å². The number of amides is 1. The molecule has 3 rings (SSSR count). The Balaban J connectivity index is 1.54. The van der Waals surface area contributed by atoms with E-state index in [9.17, 15) is 14.9 Å². The maximum absolute atomic E-state index is 12.7. The highest BCUT2D eigenvalue weighted by Crippen LogP contribution is 2.27. The van der Waals surface area contributed by atoms with E-state index in [1.165, 1.54) is 17.7 Å². The standard InChI is InChI=1S/C20H23N3O4/c1-16(27-19-10-6-5-9-18(19)23(25)26)20(24)22-13-11-21(12-14-22)15-17-7-3-2-4-8-17/h2-10,16H,11-15H2,1H3/t16-/m1/s1. The van der Waals surface area contributed by atoms with E-state index in [1.807, 2.05) is 18.2 Å². The highest BCUT2D eigenvalue weighted by Gasteiger charge is 2.27. The van der Waals surface area contributed by atoms with E-state index < -0.39 is 11.0 Å². The predicted molar refractivity (Wildman–Crippen MR) is 101 cm³/mol. The van der Waals surface area contributed by atoms with Crippen molar-refractivity contribution < 1.29 is 14.5 Å². The minimum absolute atomic E-state index is 0.117. The molecule has 7 heteroatoms. The van der Waals surface area contributed by atoms with Crippen LogP contribution in [0.1, 0.15) is 12.5 Å². The number of carbonyl (C=O) groups excluding carboxylic acids is 1. The Kier molecular flexibility index (Phi) is 6.03. The highest BCUT2D eigenvalue weighted by molar-refractivity contribution is 5.81. The predicted octanol–water partition coefficient (Wildman–Crippen LogP) is 2.71. The molecule has 0 saturated carbocycles. The first-order valence-electron chi connectivity index (χ1n) is 9.00. The first-order chi connectivity index (χ1) is 13.0. The van der Waals surface area contributed by atoms with Gasteiger partial charge in [0.1, 0.15) is 0 Å². The van der Waals surface area contributed by atoms with Gasteiger partial charge in [0.25, 0.3) is 5.91 Å². The second-order valence-electron chi connectivity index (χ2n) is 6.57. The smallest absolute Gasteiger partial charge is 0.310 e. The highest BCUT2D eigenvalue weighted by atomic mass is 16.6. The van der Waals surface area contributed by atoms with Crippen LogP contribution in [0.2, 0.25) is 0 Å². The van der Waals surface area contributed by atoms with Crippen LogP contribution in [0.4, 0.5) is 5.69 Å². The molecular formula is C20H23N3O4. The lowest BCUT2D eigenvalue weighted by Gasteiger charge is -2.35. The molecule has 1 atom stereocenters. The van der Waals surface area contributed by atoms with Crippen molar-refractivity contribution >= 4 is 11.6 Å². The number of nitro groups is 1. The lowest BCUT2D eigenvalue weighted by Crippen LogP contribution is -2.51. The van der Waals surface area contributed by atoms with E-state index in [-0.39, 0.29) is 17.3 Å². The topological polar surface area (TPSA) is 75.9 Å². The van der Waals surface area contributed by atoms with Gasteiger partial charge in [0.2, 0.25) is 0 Å². The van der Waals surface area contributed by atoms with Crippen molar-refractivity contribution in [3.05, 3.63) is 70.3 Å². The van der Waals surface area contributed by atoms with Gasteiger partial charge >= 0.3 is 5.69 Å². The Morgan fingerprint density at radius 2 is 1.70 bits per heavy atom.